The van der Waals surface area contributed by atoms with E-state index in [9.17, 15) is 0 Å². The van der Waals surface area contributed by atoms with E-state index >= 15 is 0 Å². The lowest BCUT2D eigenvalue weighted by molar-refractivity contribution is 0.518. The van der Waals surface area contributed by atoms with Gasteiger partial charge < -0.3 is 11.5 Å². The molecule has 2 aromatic rings. The fourth-order valence-electron chi connectivity index (χ4n) is 3.43. The Morgan fingerprint density at radius 2 is 1.73 bits per heavy atom. The molecular weight excluding hydrogens is 268 g/mol. The van der Waals surface area contributed by atoms with Crippen molar-refractivity contribution >= 4 is 5.69 Å². The number of aryl methyl sites for hydroxylation is 1. The topological polar surface area (TPSA) is 52.0 Å². The Kier molecular flexibility index (Phi) is 3.53. The van der Waals surface area contributed by atoms with Gasteiger partial charge in [0.1, 0.15) is 0 Å². The molecule has 2 atom stereocenters. The molecule has 0 saturated carbocycles. The summed E-state index contributed by atoms with van der Waals surface area (Å²) in [6.45, 7) is 4.37. The maximum Gasteiger partial charge on any atom is 0.0316 e. The Hall–Kier alpha value is -2.48. The van der Waals surface area contributed by atoms with Crippen molar-refractivity contribution in [1.82, 2.24) is 0 Å². The zero-order chi connectivity index (χ0) is 15.7. The first-order chi connectivity index (χ1) is 10.5. The molecule has 0 spiro atoms. The highest BCUT2D eigenvalue weighted by Gasteiger charge is 2.36. The van der Waals surface area contributed by atoms with Crippen LogP contribution in [0.25, 0.3) is 0 Å². The second-order valence-corrected chi connectivity index (χ2v) is 6.25. The van der Waals surface area contributed by atoms with Gasteiger partial charge in [-0.05, 0) is 41.8 Å². The second-order valence-electron chi connectivity index (χ2n) is 6.25. The maximum atomic E-state index is 6.10. The summed E-state index contributed by atoms with van der Waals surface area (Å²) in [7, 11) is 0. The SMILES string of the molecule is Cc1cc(N)ccc1C1C=CC(N)=CC1(C)c1ccccc1. The van der Waals surface area contributed by atoms with Crippen molar-refractivity contribution in [3.05, 3.63) is 89.1 Å². The highest BCUT2D eigenvalue weighted by molar-refractivity contribution is 5.52. The van der Waals surface area contributed by atoms with Crippen LogP contribution in [0.1, 0.15) is 29.5 Å². The largest absolute Gasteiger partial charge is 0.399 e. The maximum absolute atomic E-state index is 6.10. The van der Waals surface area contributed by atoms with Crippen molar-refractivity contribution in [3.8, 4) is 0 Å². The number of rotatable bonds is 2. The number of hydrogen-bond donors (Lipinski definition) is 2. The highest BCUT2D eigenvalue weighted by atomic mass is 14.6. The molecule has 22 heavy (non-hydrogen) atoms. The standard InChI is InChI=1S/C20H22N2/c1-14-12-16(21)8-10-18(14)19-11-9-17(22)13-20(19,2)15-6-4-3-5-7-15/h3-13,19H,21-22H2,1-2H3. The Balaban J connectivity index is 2.15. The Bertz CT molecular complexity index is 744. The van der Waals surface area contributed by atoms with E-state index in [-0.39, 0.29) is 11.3 Å². The number of nitrogens with two attached hydrogens (primary N) is 2. The second kappa shape index (κ2) is 5.38. The van der Waals surface area contributed by atoms with Gasteiger partial charge in [-0.3, -0.25) is 0 Å². The van der Waals surface area contributed by atoms with Crippen molar-refractivity contribution < 1.29 is 0 Å². The van der Waals surface area contributed by atoms with Crippen molar-refractivity contribution in [2.75, 3.05) is 5.73 Å². The third kappa shape index (κ3) is 2.41. The first kappa shape index (κ1) is 14.5. The number of anilines is 1. The molecule has 1 aliphatic rings. The zero-order valence-corrected chi connectivity index (χ0v) is 13.1. The zero-order valence-electron chi connectivity index (χ0n) is 13.1. The molecule has 2 aromatic carbocycles. The molecule has 0 amide bonds. The van der Waals surface area contributed by atoms with Gasteiger partial charge in [-0.25, -0.2) is 0 Å². The van der Waals surface area contributed by atoms with E-state index in [1.54, 1.807) is 0 Å². The van der Waals surface area contributed by atoms with Crippen LogP contribution in [-0.4, -0.2) is 0 Å². The summed E-state index contributed by atoms with van der Waals surface area (Å²) in [6, 6.07) is 16.7. The Morgan fingerprint density at radius 3 is 2.41 bits per heavy atom. The van der Waals surface area contributed by atoms with Crippen molar-refractivity contribution in [2.45, 2.75) is 25.2 Å². The van der Waals surface area contributed by atoms with Crippen LogP contribution in [0.15, 0.2) is 72.5 Å². The first-order valence-electron chi connectivity index (χ1n) is 7.59. The molecule has 112 valence electrons. The van der Waals surface area contributed by atoms with Crippen LogP contribution < -0.4 is 11.5 Å². The molecule has 1 aliphatic carbocycles. The van der Waals surface area contributed by atoms with E-state index in [0.29, 0.717) is 0 Å². The van der Waals surface area contributed by atoms with Crippen LogP contribution >= 0.6 is 0 Å². The average molecular weight is 290 g/mol. The summed E-state index contributed by atoms with van der Waals surface area (Å²) < 4.78 is 0. The number of nitrogen functional groups attached to an aromatic ring is 1. The van der Waals surface area contributed by atoms with Gasteiger partial charge in [-0.1, -0.05) is 55.5 Å². The molecule has 2 heteroatoms. The smallest absolute Gasteiger partial charge is 0.0316 e. The molecule has 0 saturated heterocycles. The lowest BCUT2D eigenvalue weighted by Gasteiger charge is -2.38. The molecule has 0 heterocycles. The minimum Gasteiger partial charge on any atom is -0.399 e. The van der Waals surface area contributed by atoms with Crippen LogP contribution in [0.4, 0.5) is 5.69 Å². The van der Waals surface area contributed by atoms with Gasteiger partial charge in [0.2, 0.25) is 0 Å². The minimum absolute atomic E-state index is 0.166. The van der Waals surface area contributed by atoms with E-state index in [0.717, 1.165) is 11.4 Å². The van der Waals surface area contributed by atoms with E-state index < -0.39 is 0 Å². The normalized spacial score (nSPS) is 24.1. The van der Waals surface area contributed by atoms with E-state index in [4.69, 9.17) is 11.5 Å². The minimum atomic E-state index is -0.166. The summed E-state index contributed by atoms with van der Waals surface area (Å²) in [5.41, 5.74) is 17.2. The lowest BCUT2D eigenvalue weighted by Crippen LogP contribution is -2.31. The van der Waals surface area contributed by atoms with Gasteiger partial charge in [-0.15, -0.1) is 0 Å². The monoisotopic (exact) mass is 290 g/mol. The lowest BCUT2D eigenvalue weighted by atomic mass is 9.66. The third-order valence-electron chi connectivity index (χ3n) is 4.62. The Labute approximate surface area is 132 Å². The number of hydrogen-bond acceptors (Lipinski definition) is 2. The van der Waals surface area contributed by atoms with Crippen LogP contribution in [0, 0.1) is 6.92 Å². The van der Waals surface area contributed by atoms with Gasteiger partial charge in [0.05, 0.1) is 0 Å². The fraction of sp³-hybridized carbons (Fsp3) is 0.200. The quantitative estimate of drug-likeness (QED) is 0.820. The van der Waals surface area contributed by atoms with Gasteiger partial charge >= 0.3 is 0 Å². The van der Waals surface area contributed by atoms with Crippen LogP contribution in [0.3, 0.4) is 0 Å². The predicted octanol–water partition coefficient (Wildman–Crippen LogP) is 4.03. The summed E-state index contributed by atoms with van der Waals surface area (Å²) in [5.74, 6) is 0.239. The molecule has 0 aromatic heterocycles. The molecule has 0 fully saturated rings. The van der Waals surface area contributed by atoms with E-state index in [1.165, 1.54) is 16.7 Å². The molecule has 0 bridgehead atoms. The highest BCUT2D eigenvalue weighted by Crippen LogP contribution is 2.45. The molecule has 4 N–H and O–H groups in total. The van der Waals surface area contributed by atoms with Crippen LogP contribution in [0.2, 0.25) is 0 Å². The van der Waals surface area contributed by atoms with E-state index in [2.05, 4.69) is 56.3 Å². The van der Waals surface area contributed by atoms with Crippen LogP contribution in [0.5, 0.6) is 0 Å². The van der Waals surface area contributed by atoms with Gasteiger partial charge in [0.15, 0.2) is 0 Å². The molecule has 2 unspecified atom stereocenters. The summed E-state index contributed by atoms with van der Waals surface area (Å²) in [5, 5.41) is 0. The van der Waals surface area contributed by atoms with Crippen molar-refractivity contribution in [2.24, 2.45) is 5.73 Å². The summed E-state index contributed by atoms with van der Waals surface area (Å²) >= 11 is 0. The fourth-order valence-corrected chi connectivity index (χ4v) is 3.43. The summed E-state index contributed by atoms with van der Waals surface area (Å²) in [4.78, 5) is 0. The molecule has 0 aliphatic heterocycles. The predicted molar refractivity (Wildman–Crippen MR) is 93.5 cm³/mol. The van der Waals surface area contributed by atoms with Crippen LogP contribution in [-0.2, 0) is 5.41 Å². The molecular formula is C20H22N2. The third-order valence-corrected chi connectivity index (χ3v) is 4.62. The number of allylic oxidation sites excluding steroid dienone is 3. The van der Waals surface area contributed by atoms with E-state index in [1.807, 2.05) is 24.3 Å². The molecule has 3 rings (SSSR count). The molecule has 0 radical (unpaired) electrons. The van der Waals surface area contributed by atoms with Crippen molar-refractivity contribution in [1.29, 1.82) is 0 Å². The number of benzene rings is 2. The first-order valence-corrected chi connectivity index (χ1v) is 7.59. The van der Waals surface area contributed by atoms with Gasteiger partial charge in [-0.2, -0.15) is 0 Å². The average Bonchev–Trinajstić information content (AvgIpc) is 2.49. The van der Waals surface area contributed by atoms with Gasteiger partial charge in [0, 0.05) is 22.7 Å². The van der Waals surface area contributed by atoms with Gasteiger partial charge in [0.25, 0.3) is 0 Å². The van der Waals surface area contributed by atoms with Crippen molar-refractivity contribution in [3.63, 3.8) is 0 Å². The molecule has 2 nitrogen and oxygen atoms in total. The Morgan fingerprint density at radius 1 is 1.00 bits per heavy atom. The summed E-state index contributed by atoms with van der Waals surface area (Å²) in [6.07, 6.45) is 6.38.